The first-order valence-electron chi connectivity index (χ1n) is 11.4. The van der Waals surface area contributed by atoms with E-state index in [-0.39, 0.29) is 0 Å². The van der Waals surface area contributed by atoms with Crippen molar-refractivity contribution < 1.29 is 0 Å². The highest BCUT2D eigenvalue weighted by molar-refractivity contribution is 5.81. The van der Waals surface area contributed by atoms with Crippen LogP contribution in [0.2, 0.25) is 0 Å². The molecule has 1 aliphatic carbocycles. The summed E-state index contributed by atoms with van der Waals surface area (Å²) in [5, 5.41) is 7.85. The van der Waals surface area contributed by atoms with Gasteiger partial charge in [0, 0.05) is 28.7 Å². The van der Waals surface area contributed by atoms with E-state index < -0.39 is 0 Å². The summed E-state index contributed by atoms with van der Waals surface area (Å²) in [6.45, 7) is 8.51. The van der Waals surface area contributed by atoms with E-state index in [2.05, 4.69) is 102 Å². The van der Waals surface area contributed by atoms with Crippen molar-refractivity contribution in [1.29, 1.82) is 0 Å². The first kappa shape index (κ1) is 21.5. The van der Waals surface area contributed by atoms with Crippen LogP contribution in [0.25, 0.3) is 16.9 Å². The van der Waals surface area contributed by atoms with Crippen molar-refractivity contribution >= 4 is 22.6 Å². The normalized spacial score (nSPS) is 12.7. The fraction of sp³-hybridized carbons (Fsp3) is 0.133. The number of fused-ring (bicyclic) bond motifs is 1. The molecule has 4 heteroatoms. The molecule has 0 fully saturated rings. The SMILES string of the molecule is C=C(Nc1cccc(C2=CCCC=C2)c1)c1ccc(C)c(C#Cc2cnc3cccnn23)c1C. The topological polar surface area (TPSA) is 42.2 Å². The number of nitrogens with one attached hydrogen (secondary N) is 1. The minimum atomic E-state index is 0.764. The molecular formula is C30H26N4. The van der Waals surface area contributed by atoms with Crippen molar-refractivity contribution in [2.45, 2.75) is 26.7 Å². The number of imidazole rings is 1. The van der Waals surface area contributed by atoms with Crippen molar-refractivity contribution in [3.63, 3.8) is 0 Å². The fourth-order valence-corrected chi connectivity index (χ4v) is 4.25. The molecule has 0 radical (unpaired) electrons. The van der Waals surface area contributed by atoms with Gasteiger partial charge in [-0.3, -0.25) is 0 Å². The Balaban J connectivity index is 1.42. The van der Waals surface area contributed by atoms with Crippen LogP contribution < -0.4 is 5.32 Å². The zero-order valence-corrected chi connectivity index (χ0v) is 19.5. The van der Waals surface area contributed by atoms with Crippen molar-refractivity contribution in [1.82, 2.24) is 14.6 Å². The monoisotopic (exact) mass is 442 g/mol. The van der Waals surface area contributed by atoms with Gasteiger partial charge in [0.15, 0.2) is 5.65 Å². The van der Waals surface area contributed by atoms with E-state index in [0.29, 0.717) is 0 Å². The molecule has 1 aliphatic rings. The summed E-state index contributed by atoms with van der Waals surface area (Å²) in [6, 6.07) is 16.5. The van der Waals surface area contributed by atoms with Crippen LogP contribution in [0.15, 0.2) is 85.7 Å². The maximum Gasteiger partial charge on any atom is 0.154 e. The fourth-order valence-electron chi connectivity index (χ4n) is 4.25. The first-order chi connectivity index (χ1) is 16.6. The third-order valence-corrected chi connectivity index (χ3v) is 6.08. The molecule has 4 nitrogen and oxygen atoms in total. The number of rotatable bonds is 4. The highest BCUT2D eigenvalue weighted by Crippen LogP contribution is 2.27. The number of hydrogen-bond donors (Lipinski definition) is 1. The van der Waals surface area contributed by atoms with Crippen LogP contribution >= 0.6 is 0 Å². The highest BCUT2D eigenvalue weighted by Gasteiger charge is 2.10. The van der Waals surface area contributed by atoms with Crippen LogP contribution in [-0.2, 0) is 0 Å². The quantitative estimate of drug-likeness (QED) is 0.364. The lowest BCUT2D eigenvalue weighted by Crippen LogP contribution is -2.02. The molecule has 2 aromatic carbocycles. The summed E-state index contributed by atoms with van der Waals surface area (Å²) in [7, 11) is 0. The zero-order chi connectivity index (χ0) is 23.5. The first-order valence-corrected chi connectivity index (χ1v) is 11.4. The Labute approximate surface area is 200 Å². The predicted molar refractivity (Wildman–Crippen MR) is 140 cm³/mol. The van der Waals surface area contributed by atoms with Crippen molar-refractivity contribution in [3.05, 3.63) is 119 Å². The van der Waals surface area contributed by atoms with Gasteiger partial charge in [0.2, 0.25) is 0 Å². The zero-order valence-electron chi connectivity index (χ0n) is 19.5. The van der Waals surface area contributed by atoms with Gasteiger partial charge in [0.25, 0.3) is 0 Å². The Morgan fingerprint density at radius 1 is 1.06 bits per heavy atom. The molecule has 0 bridgehead atoms. The van der Waals surface area contributed by atoms with Crippen molar-refractivity contribution in [2.75, 3.05) is 5.32 Å². The molecule has 5 rings (SSSR count). The van der Waals surface area contributed by atoms with Crippen LogP contribution in [0.3, 0.4) is 0 Å². The number of hydrogen-bond acceptors (Lipinski definition) is 3. The number of aryl methyl sites for hydroxylation is 1. The van der Waals surface area contributed by atoms with Gasteiger partial charge in [-0.15, -0.1) is 0 Å². The molecule has 0 amide bonds. The van der Waals surface area contributed by atoms with E-state index in [9.17, 15) is 0 Å². The van der Waals surface area contributed by atoms with Gasteiger partial charge >= 0.3 is 0 Å². The Morgan fingerprint density at radius 2 is 1.97 bits per heavy atom. The summed E-state index contributed by atoms with van der Waals surface area (Å²) in [5.41, 5.74) is 10.2. The molecule has 2 heterocycles. The van der Waals surface area contributed by atoms with Crippen LogP contribution in [0.1, 0.15) is 46.4 Å². The van der Waals surface area contributed by atoms with E-state index >= 15 is 0 Å². The average Bonchev–Trinajstić information content (AvgIpc) is 3.28. The van der Waals surface area contributed by atoms with Gasteiger partial charge in [-0.2, -0.15) is 5.10 Å². The lowest BCUT2D eigenvalue weighted by atomic mass is 9.96. The van der Waals surface area contributed by atoms with Gasteiger partial charge in [0.1, 0.15) is 5.69 Å². The number of nitrogens with zero attached hydrogens (tertiary/aromatic N) is 3. The Bertz CT molecular complexity index is 1520. The standard InChI is InChI=1S/C30H26N4/c1-21-14-16-29(22(2)28(21)17-15-27-20-31-30-13-8-18-32-34(27)30)23(3)33-26-12-7-11-25(19-26)24-9-5-4-6-10-24/h5,7-14,16,18-20,33H,3-4,6H2,1-2H3. The van der Waals surface area contributed by atoms with Gasteiger partial charge in [-0.1, -0.05) is 55.0 Å². The molecule has 0 atom stereocenters. The summed E-state index contributed by atoms with van der Waals surface area (Å²) in [5.74, 6) is 6.60. The van der Waals surface area contributed by atoms with E-state index in [1.165, 1.54) is 11.1 Å². The van der Waals surface area contributed by atoms with E-state index in [4.69, 9.17) is 0 Å². The highest BCUT2D eigenvalue weighted by atomic mass is 15.2. The third-order valence-electron chi connectivity index (χ3n) is 6.08. The number of benzene rings is 2. The molecule has 34 heavy (non-hydrogen) atoms. The van der Waals surface area contributed by atoms with Crippen LogP contribution in [-0.4, -0.2) is 14.6 Å². The van der Waals surface area contributed by atoms with Crippen LogP contribution in [0.4, 0.5) is 5.69 Å². The third kappa shape index (κ3) is 4.29. The molecular weight excluding hydrogens is 416 g/mol. The minimum absolute atomic E-state index is 0.764. The number of anilines is 1. The molecule has 4 aromatic rings. The summed E-state index contributed by atoms with van der Waals surface area (Å²) in [4.78, 5) is 4.37. The van der Waals surface area contributed by atoms with Gasteiger partial charge in [-0.05, 0) is 79.1 Å². The molecule has 0 saturated heterocycles. The Hall–Kier alpha value is -4.36. The molecule has 2 aromatic heterocycles. The lowest BCUT2D eigenvalue weighted by molar-refractivity contribution is 0.923. The van der Waals surface area contributed by atoms with Gasteiger partial charge < -0.3 is 5.32 Å². The molecule has 0 aliphatic heterocycles. The number of aromatic nitrogens is 3. The van der Waals surface area contributed by atoms with Crippen LogP contribution in [0, 0.1) is 25.7 Å². The van der Waals surface area contributed by atoms with E-state index in [1.807, 2.05) is 12.1 Å². The number of allylic oxidation sites excluding steroid dienone is 4. The smallest absolute Gasteiger partial charge is 0.154 e. The largest absolute Gasteiger partial charge is 0.355 e. The Morgan fingerprint density at radius 3 is 2.82 bits per heavy atom. The molecule has 1 N–H and O–H groups in total. The molecule has 0 spiro atoms. The molecule has 0 saturated carbocycles. The van der Waals surface area contributed by atoms with Crippen molar-refractivity contribution in [3.8, 4) is 11.8 Å². The second-order valence-corrected chi connectivity index (χ2v) is 8.44. The van der Waals surface area contributed by atoms with E-state index in [1.54, 1.807) is 16.9 Å². The summed E-state index contributed by atoms with van der Waals surface area (Å²) >= 11 is 0. The maximum atomic E-state index is 4.37. The maximum absolute atomic E-state index is 4.37. The second-order valence-electron chi connectivity index (χ2n) is 8.44. The Kier molecular flexibility index (Phi) is 5.84. The predicted octanol–water partition coefficient (Wildman–Crippen LogP) is 6.56. The minimum Gasteiger partial charge on any atom is -0.355 e. The van der Waals surface area contributed by atoms with Crippen LogP contribution in [0.5, 0.6) is 0 Å². The molecule has 0 unspecified atom stereocenters. The van der Waals surface area contributed by atoms with E-state index in [0.717, 1.165) is 57.8 Å². The average molecular weight is 443 g/mol. The summed E-state index contributed by atoms with van der Waals surface area (Å²) in [6.07, 6.45) is 12.4. The second kappa shape index (κ2) is 9.25. The molecule has 166 valence electrons. The lowest BCUT2D eigenvalue weighted by Gasteiger charge is -2.16. The van der Waals surface area contributed by atoms with Gasteiger partial charge in [-0.25, -0.2) is 9.50 Å². The van der Waals surface area contributed by atoms with Crippen molar-refractivity contribution in [2.24, 2.45) is 0 Å². The summed E-state index contributed by atoms with van der Waals surface area (Å²) < 4.78 is 1.76. The van der Waals surface area contributed by atoms with Gasteiger partial charge in [0.05, 0.1) is 6.20 Å².